The lowest BCUT2D eigenvalue weighted by Gasteiger charge is -2.05. The third-order valence-corrected chi connectivity index (χ3v) is 1.27. The predicted molar refractivity (Wildman–Crippen MR) is 49.3 cm³/mol. The quantitative estimate of drug-likeness (QED) is 0.735. The molecule has 11 heavy (non-hydrogen) atoms. The van der Waals surface area contributed by atoms with Gasteiger partial charge in [-0.2, -0.15) is 0 Å². The Morgan fingerprint density at radius 2 is 2.36 bits per heavy atom. The Hall–Kier alpha value is -0.350. The number of nitrogens with one attached hydrogen (secondary N) is 1. The van der Waals surface area contributed by atoms with E-state index in [0.717, 1.165) is 4.48 Å². The first-order valence-corrected chi connectivity index (χ1v) is 4.17. The Balaban J connectivity index is 3.45. The van der Waals surface area contributed by atoms with E-state index in [9.17, 15) is 4.79 Å². The van der Waals surface area contributed by atoms with Gasteiger partial charge in [-0.15, -0.1) is 0 Å². The van der Waals surface area contributed by atoms with E-state index in [4.69, 9.17) is 5.73 Å². The molecule has 0 saturated carbocycles. The molecule has 0 heterocycles. The van der Waals surface area contributed by atoms with Crippen LogP contribution in [0.5, 0.6) is 0 Å². The minimum absolute atomic E-state index is 0.0411. The summed E-state index contributed by atoms with van der Waals surface area (Å²) in [5, 5.41) is 2.65. The zero-order valence-electron chi connectivity index (χ0n) is 6.56. The summed E-state index contributed by atoms with van der Waals surface area (Å²) in [7, 11) is 0. The summed E-state index contributed by atoms with van der Waals surface area (Å²) < 4.78 is 0.760. The maximum absolute atomic E-state index is 10.9. The van der Waals surface area contributed by atoms with Crippen molar-refractivity contribution in [2.75, 3.05) is 6.54 Å². The highest BCUT2D eigenvalue weighted by Crippen LogP contribution is 1.97. The lowest BCUT2D eigenvalue weighted by Crippen LogP contribution is -2.30. The van der Waals surface area contributed by atoms with Crippen molar-refractivity contribution in [3.63, 3.8) is 0 Å². The third-order valence-electron chi connectivity index (χ3n) is 0.985. The first-order valence-electron chi connectivity index (χ1n) is 3.38. The Kier molecular flexibility index (Phi) is 5.15. The predicted octanol–water partition coefficient (Wildman–Crippen LogP) is 0.749. The van der Waals surface area contributed by atoms with E-state index >= 15 is 0 Å². The van der Waals surface area contributed by atoms with E-state index < -0.39 is 0 Å². The van der Waals surface area contributed by atoms with Crippen LogP contribution in [0.15, 0.2) is 11.1 Å². The maximum Gasteiger partial charge on any atom is 0.221 e. The van der Waals surface area contributed by atoms with Gasteiger partial charge in [-0.25, -0.2) is 0 Å². The molecule has 0 radical (unpaired) electrons. The highest BCUT2D eigenvalue weighted by Gasteiger charge is 2.03. The molecule has 3 N–H and O–H groups in total. The molecule has 0 rings (SSSR count). The molecular weight excluding hydrogens is 208 g/mol. The molecule has 0 aromatic heterocycles. The van der Waals surface area contributed by atoms with Gasteiger partial charge in [0.2, 0.25) is 5.91 Å². The molecule has 1 amide bonds. The molecule has 0 aliphatic heterocycles. The number of nitrogens with two attached hydrogens (primary N) is 1. The van der Waals surface area contributed by atoms with Gasteiger partial charge in [0.15, 0.2) is 0 Å². The molecule has 0 aliphatic carbocycles. The van der Waals surface area contributed by atoms with Crippen LogP contribution in [0.3, 0.4) is 0 Å². The molecule has 0 aromatic carbocycles. The Morgan fingerprint density at radius 3 is 2.73 bits per heavy atom. The molecule has 1 unspecified atom stereocenters. The number of hydrogen-bond donors (Lipinski definition) is 2. The number of carbonyl (C=O) groups is 1. The number of hydrogen-bond acceptors (Lipinski definition) is 2. The van der Waals surface area contributed by atoms with Crippen molar-refractivity contribution >= 4 is 21.8 Å². The Bertz CT molecular complexity index is 157. The van der Waals surface area contributed by atoms with Crippen LogP contribution < -0.4 is 11.1 Å². The minimum Gasteiger partial charge on any atom is -0.351 e. The van der Waals surface area contributed by atoms with E-state index in [1.807, 2.05) is 0 Å². The van der Waals surface area contributed by atoms with Gasteiger partial charge in [0.1, 0.15) is 0 Å². The molecule has 0 spiro atoms. The zero-order valence-corrected chi connectivity index (χ0v) is 8.15. The summed E-state index contributed by atoms with van der Waals surface area (Å²) in [6.45, 7) is 5.83. The summed E-state index contributed by atoms with van der Waals surface area (Å²) in [4.78, 5) is 10.9. The zero-order chi connectivity index (χ0) is 8.85. The second-order valence-corrected chi connectivity index (χ2v) is 3.60. The smallest absolute Gasteiger partial charge is 0.221 e. The normalized spacial score (nSPS) is 12.3. The van der Waals surface area contributed by atoms with Crippen LogP contribution in [0, 0.1) is 0 Å². The summed E-state index contributed by atoms with van der Waals surface area (Å²) in [6.07, 6.45) is 0.361. The fourth-order valence-corrected chi connectivity index (χ4v) is 0.699. The van der Waals surface area contributed by atoms with Crippen molar-refractivity contribution in [1.29, 1.82) is 0 Å². The molecule has 4 heteroatoms. The fourth-order valence-electron chi connectivity index (χ4n) is 0.559. The number of rotatable bonds is 4. The second kappa shape index (κ2) is 5.32. The highest BCUT2D eigenvalue weighted by molar-refractivity contribution is 9.11. The average molecular weight is 221 g/mol. The molecule has 1 atom stereocenters. The molecule has 3 nitrogen and oxygen atoms in total. The molecule has 0 fully saturated rings. The number of halogens is 1. The lowest BCUT2D eigenvalue weighted by molar-refractivity contribution is -0.121. The van der Waals surface area contributed by atoms with Gasteiger partial charge in [-0.05, 0) is 6.92 Å². The number of carbonyl (C=O) groups excluding carboxylic acids is 1. The largest absolute Gasteiger partial charge is 0.351 e. The molecule has 0 aliphatic rings. The van der Waals surface area contributed by atoms with E-state index in [0.29, 0.717) is 13.0 Å². The first-order chi connectivity index (χ1) is 5.02. The topological polar surface area (TPSA) is 55.1 Å². The Morgan fingerprint density at radius 1 is 1.82 bits per heavy atom. The minimum atomic E-state index is -0.0846. The van der Waals surface area contributed by atoms with Crippen LogP contribution in [0.4, 0.5) is 0 Å². The first kappa shape index (κ1) is 10.7. The summed E-state index contributed by atoms with van der Waals surface area (Å²) >= 11 is 3.13. The van der Waals surface area contributed by atoms with Crippen LogP contribution in [0.2, 0.25) is 0 Å². The van der Waals surface area contributed by atoms with Crippen LogP contribution in [-0.4, -0.2) is 18.5 Å². The van der Waals surface area contributed by atoms with Gasteiger partial charge >= 0.3 is 0 Å². The maximum atomic E-state index is 10.9. The van der Waals surface area contributed by atoms with Gasteiger partial charge in [-0.1, -0.05) is 22.5 Å². The third kappa shape index (κ3) is 7.55. The van der Waals surface area contributed by atoms with E-state index in [1.54, 1.807) is 6.92 Å². The van der Waals surface area contributed by atoms with Gasteiger partial charge in [0.25, 0.3) is 0 Å². The van der Waals surface area contributed by atoms with Crippen molar-refractivity contribution in [3.8, 4) is 0 Å². The Labute approximate surface area is 75.2 Å². The van der Waals surface area contributed by atoms with Crippen molar-refractivity contribution in [2.45, 2.75) is 19.4 Å². The van der Waals surface area contributed by atoms with E-state index in [2.05, 4.69) is 27.8 Å². The molecule has 0 aromatic rings. The number of amides is 1. The summed E-state index contributed by atoms with van der Waals surface area (Å²) in [5.41, 5.74) is 5.40. The van der Waals surface area contributed by atoms with Crippen LogP contribution in [0.25, 0.3) is 0 Å². The van der Waals surface area contributed by atoms with Gasteiger partial charge in [0, 0.05) is 23.5 Å². The van der Waals surface area contributed by atoms with Crippen LogP contribution in [-0.2, 0) is 4.79 Å². The molecule has 64 valence electrons. The average Bonchev–Trinajstić information content (AvgIpc) is 1.82. The molecule has 0 saturated heterocycles. The monoisotopic (exact) mass is 220 g/mol. The standard InChI is InChI=1S/C7H13BrN2O/c1-5(8)4-10-7(11)3-6(2)9/h6H,1,3-4,9H2,2H3,(H,10,11). The van der Waals surface area contributed by atoms with Crippen molar-refractivity contribution in [2.24, 2.45) is 5.73 Å². The van der Waals surface area contributed by atoms with Gasteiger partial charge in [0.05, 0.1) is 0 Å². The fraction of sp³-hybridized carbons (Fsp3) is 0.571. The summed E-state index contributed by atoms with van der Waals surface area (Å²) in [5.74, 6) is -0.0411. The SMILES string of the molecule is C=C(Br)CNC(=O)CC(C)N. The summed E-state index contributed by atoms with van der Waals surface area (Å²) in [6, 6.07) is -0.0846. The van der Waals surface area contributed by atoms with Gasteiger partial charge in [-0.3, -0.25) is 4.79 Å². The van der Waals surface area contributed by atoms with Crippen molar-refractivity contribution in [1.82, 2.24) is 5.32 Å². The molecular formula is C7H13BrN2O. The van der Waals surface area contributed by atoms with Crippen molar-refractivity contribution in [3.05, 3.63) is 11.1 Å². The second-order valence-electron chi connectivity index (χ2n) is 2.48. The van der Waals surface area contributed by atoms with E-state index in [-0.39, 0.29) is 11.9 Å². The van der Waals surface area contributed by atoms with Crippen LogP contribution >= 0.6 is 15.9 Å². The van der Waals surface area contributed by atoms with E-state index in [1.165, 1.54) is 0 Å². The highest BCUT2D eigenvalue weighted by atomic mass is 79.9. The molecule has 0 bridgehead atoms. The van der Waals surface area contributed by atoms with Crippen LogP contribution in [0.1, 0.15) is 13.3 Å². The van der Waals surface area contributed by atoms with Crippen molar-refractivity contribution < 1.29 is 4.79 Å². The lowest BCUT2D eigenvalue weighted by atomic mass is 10.2. The van der Waals surface area contributed by atoms with Gasteiger partial charge < -0.3 is 11.1 Å².